The zero-order valence-electron chi connectivity index (χ0n) is 5.71. The number of hydrogen-bond donors (Lipinski definition) is 1. The molecule has 0 saturated carbocycles. The SMILES string of the molecule is C=CCc1ccc(CO)s1. The average molecular weight is 154 g/mol. The van der Waals surface area contributed by atoms with E-state index < -0.39 is 0 Å². The third kappa shape index (κ3) is 1.69. The summed E-state index contributed by atoms with van der Waals surface area (Å²) in [7, 11) is 0. The van der Waals surface area contributed by atoms with Crippen molar-refractivity contribution < 1.29 is 5.11 Å². The molecule has 1 rings (SSSR count). The number of thiophene rings is 1. The summed E-state index contributed by atoms with van der Waals surface area (Å²) in [5.74, 6) is 0. The van der Waals surface area contributed by atoms with Gasteiger partial charge in [0.2, 0.25) is 0 Å². The molecular formula is C8H10OS. The lowest BCUT2D eigenvalue weighted by Crippen LogP contribution is -1.71. The van der Waals surface area contributed by atoms with Crippen LogP contribution in [-0.2, 0) is 13.0 Å². The van der Waals surface area contributed by atoms with Gasteiger partial charge in [-0.25, -0.2) is 0 Å². The Morgan fingerprint density at radius 1 is 1.50 bits per heavy atom. The second-order valence-corrected chi connectivity index (χ2v) is 3.27. The lowest BCUT2D eigenvalue weighted by molar-refractivity contribution is 0.285. The van der Waals surface area contributed by atoms with Gasteiger partial charge in [0.05, 0.1) is 6.61 Å². The summed E-state index contributed by atoms with van der Waals surface area (Å²) in [5, 5.41) is 8.70. The van der Waals surface area contributed by atoms with Crippen molar-refractivity contribution in [3.63, 3.8) is 0 Å². The summed E-state index contributed by atoms with van der Waals surface area (Å²) >= 11 is 1.64. The van der Waals surface area contributed by atoms with Gasteiger partial charge in [-0.05, 0) is 18.6 Å². The summed E-state index contributed by atoms with van der Waals surface area (Å²) in [5.41, 5.74) is 0. The Bertz CT molecular complexity index is 215. The molecule has 2 heteroatoms. The highest BCUT2D eigenvalue weighted by Crippen LogP contribution is 2.16. The quantitative estimate of drug-likeness (QED) is 0.660. The van der Waals surface area contributed by atoms with Gasteiger partial charge in [0.15, 0.2) is 0 Å². The molecule has 1 heterocycles. The predicted molar refractivity (Wildman–Crippen MR) is 44.1 cm³/mol. The van der Waals surface area contributed by atoms with Crippen LogP contribution in [-0.4, -0.2) is 5.11 Å². The molecule has 1 N–H and O–H groups in total. The van der Waals surface area contributed by atoms with Crippen LogP contribution in [0.1, 0.15) is 9.75 Å². The van der Waals surface area contributed by atoms with Crippen molar-refractivity contribution in [3.05, 3.63) is 34.5 Å². The third-order valence-electron chi connectivity index (χ3n) is 1.22. The molecule has 0 saturated heterocycles. The molecule has 0 bridgehead atoms. The van der Waals surface area contributed by atoms with Crippen molar-refractivity contribution >= 4 is 11.3 Å². The topological polar surface area (TPSA) is 20.2 Å². The fourth-order valence-electron chi connectivity index (χ4n) is 0.759. The van der Waals surface area contributed by atoms with E-state index in [1.807, 2.05) is 18.2 Å². The maximum absolute atomic E-state index is 8.70. The molecule has 1 aromatic heterocycles. The summed E-state index contributed by atoms with van der Waals surface area (Å²) in [4.78, 5) is 2.29. The van der Waals surface area contributed by atoms with E-state index in [2.05, 4.69) is 6.58 Å². The molecule has 0 aliphatic heterocycles. The molecule has 0 fully saturated rings. The van der Waals surface area contributed by atoms with Crippen molar-refractivity contribution in [2.45, 2.75) is 13.0 Å². The fourth-order valence-corrected chi connectivity index (χ4v) is 1.63. The van der Waals surface area contributed by atoms with Gasteiger partial charge in [-0.15, -0.1) is 17.9 Å². The van der Waals surface area contributed by atoms with Crippen LogP contribution in [0, 0.1) is 0 Å². The monoisotopic (exact) mass is 154 g/mol. The average Bonchev–Trinajstić information content (AvgIpc) is 2.37. The van der Waals surface area contributed by atoms with E-state index in [4.69, 9.17) is 5.11 Å². The number of allylic oxidation sites excluding steroid dienone is 1. The molecule has 0 atom stereocenters. The van der Waals surface area contributed by atoms with Crippen LogP contribution in [0.5, 0.6) is 0 Å². The molecule has 0 spiro atoms. The van der Waals surface area contributed by atoms with Gasteiger partial charge in [-0.1, -0.05) is 6.08 Å². The molecule has 54 valence electrons. The minimum atomic E-state index is 0.155. The van der Waals surface area contributed by atoms with E-state index in [0.29, 0.717) is 0 Å². The Labute approximate surface area is 64.6 Å². The van der Waals surface area contributed by atoms with Crippen LogP contribution in [0.3, 0.4) is 0 Å². The van der Waals surface area contributed by atoms with Gasteiger partial charge >= 0.3 is 0 Å². The first-order valence-corrected chi connectivity index (χ1v) is 3.98. The minimum absolute atomic E-state index is 0.155. The van der Waals surface area contributed by atoms with Crippen molar-refractivity contribution in [2.24, 2.45) is 0 Å². The first-order valence-electron chi connectivity index (χ1n) is 3.16. The van der Waals surface area contributed by atoms with Gasteiger partial charge in [-0.2, -0.15) is 0 Å². The molecule has 0 aromatic carbocycles. The van der Waals surface area contributed by atoms with E-state index in [9.17, 15) is 0 Å². The zero-order valence-corrected chi connectivity index (χ0v) is 6.53. The van der Waals surface area contributed by atoms with E-state index in [1.165, 1.54) is 4.88 Å². The molecule has 0 aliphatic rings. The number of aliphatic hydroxyl groups is 1. The Balaban J connectivity index is 2.67. The molecular weight excluding hydrogens is 144 g/mol. The van der Waals surface area contributed by atoms with Crippen molar-refractivity contribution in [2.75, 3.05) is 0 Å². The highest BCUT2D eigenvalue weighted by molar-refractivity contribution is 7.11. The number of aliphatic hydroxyl groups excluding tert-OH is 1. The van der Waals surface area contributed by atoms with Gasteiger partial charge < -0.3 is 5.11 Å². The summed E-state index contributed by atoms with van der Waals surface area (Å²) in [6, 6.07) is 3.97. The molecule has 1 aromatic rings. The largest absolute Gasteiger partial charge is 0.391 e. The van der Waals surface area contributed by atoms with Gasteiger partial charge in [0.1, 0.15) is 0 Å². The second-order valence-electron chi connectivity index (χ2n) is 2.02. The van der Waals surface area contributed by atoms with Crippen LogP contribution >= 0.6 is 11.3 Å². The maximum Gasteiger partial charge on any atom is 0.0774 e. The summed E-state index contributed by atoms with van der Waals surface area (Å²) < 4.78 is 0. The Morgan fingerprint density at radius 3 is 2.70 bits per heavy atom. The molecule has 0 unspecified atom stereocenters. The number of rotatable bonds is 3. The zero-order chi connectivity index (χ0) is 7.40. The summed E-state index contributed by atoms with van der Waals surface area (Å²) in [6.45, 7) is 3.79. The molecule has 0 radical (unpaired) electrons. The van der Waals surface area contributed by atoms with Crippen LogP contribution in [0.15, 0.2) is 24.8 Å². The van der Waals surface area contributed by atoms with Gasteiger partial charge in [0, 0.05) is 9.75 Å². The Hall–Kier alpha value is -0.600. The van der Waals surface area contributed by atoms with Crippen LogP contribution in [0.4, 0.5) is 0 Å². The van der Waals surface area contributed by atoms with Gasteiger partial charge in [-0.3, -0.25) is 0 Å². The molecule has 1 nitrogen and oxygen atoms in total. The standard InChI is InChI=1S/C8H10OS/c1-2-3-7-4-5-8(6-9)10-7/h2,4-5,9H,1,3,6H2. The molecule has 10 heavy (non-hydrogen) atoms. The smallest absolute Gasteiger partial charge is 0.0774 e. The maximum atomic E-state index is 8.70. The first-order chi connectivity index (χ1) is 4.86. The van der Waals surface area contributed by atoms with Gasteiger partial charge in [0.25, 0.3) is 0 Å². The second kappa shape index (κ2) is 3.54. The highest BCUT2D eigenvalue weighted by Gasteiger charge is 1.95. The fraction of sp³-hybridized carbons (Fsp3) is 0.250. The lowest BCUT2D eigenvalue weighted by Gasteiger charge is -1.85. The van der Waals surface area contributed by atoms with Crippen molar-refractivity contribution in [1.29, 1.82) is 0 Å². The van der Waals surface area contributed by atoms with E-state index >= 15 is 0 Å². The minimum Gasteiger partial charge on any atom is -0.391 e. The molecule has 0 aliphatic carbocycles. The van der Waals surface area contributed by atoms with Crippen LogP contribution < -0.4 is 0 Å². The Kier molecular flexibility index (Phi) is 2.66. The summed E-state index contributed by atoms with van der Waals surface area (Å²) in [6.07, 6.45) is 2.78. The number of hydrogen-bond acceptors (Lipinski definition) is 2. The highest BCUT2D eigenvalue weighted by atomic mass is 32.1. The third-order valence-corrected chi connectivity index (χ3v) is 2.31. The predicted octanol–water partition coefficient (Wildman–Crippen LogP) is 1.97. The van der Waals surface area contributed by atoms with E-state index in [0.717, 1.165) is 11.3 Å². The van der Waals surface area contributed by atoms with Crippen LogP contribution in [0.25, 0.3) is 0 Å². The Morgan fingerprint density at radius 2 is 2.20 bits per heavy atom. The van der Waals surface area contributed by atoms with Crippen molar-refractivity contribution in [1.82, 2.24) is 0 Å². The van der Waals surface area contributed by atoms with Crippen molar-refractivity contribution in [3.8, 4) is 0 Å². The lowest BCUT2D eigenvalue weighted by atomic mass is 10.3. The first kappa shape index (κ1) is 7.51. The normalized spacial score (nSPS) is 9.70. The molecule has 0 amide bonds. The van der Waals surface area contributed by atoms with E-state index in [-0.39, 0.29) is 6.61 Å². The van der Waals surface area contributed by atoms with Crippen LogP contribution in [0.2, 0.25) is 0 Å². The van der Waals surface area contributed by atoms with E-state index in [1.54, 1.807) is 11.3 Å².